The van der Waals surface area contributed by atoms with Crippen molar-refractivity contribution < 1.29 is 15.0 Å². The Hall–Kier alpha value is -1.85. The van der Waals surface area contributed by atoms with Gasteiger partial charge in [-0.2, -0.15) is 0 Å². The molecule has 1 aliphatic carbocycles. The van der Waals surface area contributed by atoms with Gasteiger partial charge in [-0.05, 0) is 24.5 Å². The number of benzene rings is 1. The first-order valence-corrected chi connectivity index (χ1v) is 7.69. The smallest absolute Gasteiger partial charge is 0.224 e. The minimum atomic E-state index is -0.521. The van der Waals surface area contributed by atoms with E-state index in [4.69, 9.17) is 5.11 Å². The van der Waals surface area contributed by atoms with Crippen molar-refractivity contribution in [1.29, 1.82) is 0 Å². The molecule has 5 nitrogen and oxygen atoms in total. The normalized spacial score (nSPS) is 24.8. The van der Waals surface area contributed by atoms with Crippen molar-refractivity contribution in [3.8, 4) is 0 Å². The van der Waals surface area contributed by atoms with Gasteiger partial charge in [-0.15, -0.1) is 0 Å². The Bertz CT molecular complexity index is 680. The fourth-order valence-electron chi connectivity index (χ4n) is 3.43. The zero-order valence-electron chi connectivity index (χ0n) is 12.7. The fraction of sp³-hybridized carbons (Fsp3) is 0.471. The van der Waals surface area contributed by atoms with E-state index < -0.39 is 6.10 Å². The third kappa shape index (κ3) is 2.87. The van der Waals surface area contributed by atoms with Crippen molar-refractivity contribution in [3.63, 3.8) is 0 Å². The van der Waals surface area contributed by atoms with Crippen LogP contribution in [-0.4, -0.2) is 39.4 Å². The number of aromatic nitrogens is 1. The standard InChI is InChI=1S/C17H22N2O3/c1-19-9-11(14-4-2-3-5-15(14)19)7-17(22)18-13-6-12(10-20)16(21)8-13/h2-5,9,12-13,16,20-21H,6-8,10H2,1H3,(H,18,22). The highest BCUT2D eigenvalue weighted by Gasteiger charge is 2.33. The summed E-state index contributed by atoms with van der Waals surface area (Å²) < 4.78 is 2.03. The van der Waals surface area contributed by atoms with Crippen molar-refractivity contribution in [2.75, 3.05) is 6.61 Å². The molecular formula is C17H22N2O3. The monoisotopic (exact) mass is 302 g/mol. The summed E-state index contributed by atoms with van der Waals surface area (Å²) in [7, 11) is 1.98. The molecule has 1 saturated carbocycles. The highest BCUT2D eigenvalue weighted by Crippen LogP contribution is 2.26. The third-order valence-corrected chi connectivity index (χ3v) is 4.59. The van der Waals surface area contributed by atoms with E-state index in [2.05, 4.69) is 5.32 Å². The number of nitrogens with zero attached hydrogens (tertiary/aromatic N) is 1. The number of fused-ring (bicyclic) bond motifs is 1. The molecule has 0 bridgehead atoms. The van der Waals surface area contributed by atoms with Crippen LogP contribution in [-0.2, 0) is 18.3 Å². The zero-order valence-corrected chi connectivity index (χ0v) is 12.7. The lowest BCUT2D eigenvalue weighted by Gasteiger charge is -2.12. The van der Waals surface area contributed by atoms with Crippen LogP contribution in [0.25, 0.3) is 10.9 Å². The minimum Gasteiger partial charge on any atom is -0.396 e. The maximum Gasteiger partial charge on any atom is 0.224 e. The number of carbonyl (C=O) groups is 1. The van der Waals surface area contributed by atoms with E-state index in [0.717, 1.165) is 16.5 Å². The van der Waals surface area contributed by atoms with E-state index in [-0.39, 0.29) is 24.5 Å². The van der Waals surface area contributed by atoms with Gasteiger partial charge in [0.2, 0.25) is 5.91 Å². The lowest BCUT2D eigenvalue weighted by atomic mass is 10.1. The van der Waals surface area contributed by atoms with E-state index in [1.165, 1.54) is 0 Å². The Labute approximate surface area is 129 Å². The Morgan fingerprint density at radius 1 is 1.36 bits per heavy atom. The maximum absolute atomic E-state index is 12.3. The first kappa shape index (κ1) is 15.1. The number of amides is 1. The first-order chi connectivity index (χ1) is 10.6. The Balaban J connectivity index is 1.67. The van der Waals surface area contributed by atoms with Crippen molar-refractivity contribution >= 4 is 16.8 Å². The Morgan fingerprint density at radius 3 is 2.86 bits per heavy atom. The van der Waals surface area contributed by atoms with Gasteiger partial charge in [0.25, 0.3) is 0 Å². The molecule has 3 N–H and O–H groups in total. The molecule has 1 aromatic heterocycles. The molecule has 0 spiro atoms. The Morgan fingerprint density at radius 2 is 2.14 bits per heavy atom. The number of carbonyl (C=O) groups excluding carboxylic acids is 1. The fourth-order valence-corrected chi connectivity index (χ4v) is 3.43. The number of aliphatic hydroxyl groups is 2. The largest absolute Gasteiger partial charge is 0.396 e. The van der Waals surface area contributed by atoms with Crippen LogP contribution in [0.4, 0.5) is 0 Å². The van der Waals surface area contributed by atoms with Crippen LogP contribution in [0.5, 0.6) is 0 Å². The molecule has 2 aromatic rings. The van der Waals surface area contributed by atoms with Crippen LogP contribution in [0.2, 0.25) is 0 Å². The van der Waals surface area contributed by atoms with Crippen LogP contribution in [0, 0.1) is 5.92 Å². The molecule has 5 heteroatoms. The van der Waals surface area contributed by atoms with E-state index in [9.17, 15) is 9.90 Å². The molecule has 1 heterocycles. The molecular weight excluding hydrogens is 280 g/mol. The van der Waals surface area contributed by atoms with Crippen LogP contribution in [0.15, 0.2) is 30.5 Å². The zero-order chi connectivity index (χ0) is 15.7. The number of para-hydroxylation sites is 1. The predicted molar refractivity (Wildman–Crippen MR) is 84.4 cm³/mol. The lowest BCUT2D eigenvalue weighted by Crippen LogP contribution is -2.34. The summed E-state index contributed by atoms with van der Waals surface area (Å²) in [6, 6.07) is 7.98. The third-order valence-electron chi connectivity index (χ3n) is 4.59. The highest BCUT2D eigenvalue weighted by molar-refractivity contribution is 5.89. The summed E-state index contributed by atoms with van der Waals surface area (Å²) in [4.78, 5) is 12.3. The van der Waals surface area contributed by atoms with Gasteiger partial charge in [0.05, 0.1) is 12.5 Å². The average Bonchev–Trinajstić information content (AvgIpc) is 3.00. The second-order valence-electron chi connectivity index (χ2n) is 6.21. The van der Waals surface area contributed by atoms with Gasteiger partial charge >= 0.3 is 0 Å². The van der Waals surface area contributed by atoms with Gasteiger partial charge in [0, 0.05) is 42.7 Å². The number of hydrogen-bond donors (Lipinski definition) is 3. The lowest BCUT2D eigenvalue weighted by molar-refractivity contribution is -0.121. The molecule has 3 unspecified atom stereocenters. The van der Waals surface area contributed by atoms with Gasteiger partial charge in [0.1, 0.15) is 0 Å². The molecule has 3 rings (SSSR count). The molecule has 1 aromatic carbocycles. The van der Waals surface area contributed by atoms with Crippen molar-refractivity contribution in [1.82, 2.24) is 9.88 Å². The first-order valence-electron chi connectivity index (χ1n) is 7.69. The molecule has 1 amide bonds. The molecule has 1 aliphatic rings. The van der Waals surface area contributed by atoms with Crippen LogP contribution in [0.1, 0.15) is 18.4 Å². The number of rotatable bonds is 4. The van der Waals surface area contributed by atoms with E-state index in [1.807, 2.05) is 42.1 Å². The minimum absolute atomic E-state index is 0.0309. The SMILES string of the molecule is Cn1cc(CC(=O)NC2CC(O)C(CO)C2)c2ccccc21. The van der Waals surface area contributed by atoms with Crippen LogP contribution < -0.4 is 5.32 Å². The quantitative estimate of drug-likeness (QED) is 0.788. The second kappa shape index (κ2) is 6.10. The number of hydrogen-bond acceptors (Lipinski definition) is 3. The highest BCUT2D eigenvalue weighted by atomic mass is 16.3. The average molecular weight is 302 g/mol. The molecule has 0 aliphatic heterocycles. The number of aryl methyl sites for hydroxylation is 1. The molecule has 1 fully saturated rings. The Kier molecular flexibility index (Phi) is 4.18. The van der Waals surface area contributed by atoms with Gasteiger partial charge < -0.3 is 20.1 Å². The summed E-state index contributed by atoms with van der Waals surface area (Å²) in [5.41, 5.74) is 2.12. The number of nitrogens with one attached hydrogen (secondary N) is 1. The summed E-state index contributed by atoms with van der Waals surface area (Å²) in [5, 5.41) is 23.0. The summed E-state index contributed by atoms with van der Waals surface area (Å²) >= 11 is 0. The topological polar surface area (TPSA) is 74.5 Å². The predicted octanol–water partition coefficient (Wildman–Crippen LogP) is 0.969. The molecule has 0 saturated heterocycles. The van der Waals surface area contributed by atoms with Gasteiger partial charge in [-0.3, -0.25) is 4.79 Å². The second-order valence-corrected chi connectivity index (χ2v) is 6.21. The van der Waals surface area contributed by atoms with Crippen LogP contribution in [0.3, 0.4) is 0 Å². The van der Waals surface area contributed by atoms with E-state index >= 15 is 0 Å². The molecule has 22 heavy (non-hydrogen) atoms. The summed E-state index contributed by atoms with van der Waals surface area (Å²) in [6.07, 6.45) is 2.96. The summed E-state index contributed by atoms with van der Waals surface area (Å²) in [5.74, 6) is -0.157. The van der Waals surface area contributed by atoms with Gasteiger partial charge in [-0.1, -0.05) is 18.2 Å². The van der Waals surface area contributed by atoms with Gasteiger partial charge in [0.15, 0.2) is 0 Å². The van der Waals surface area contributed by atoms with Crippen molar-refractivity contribution in [2.24, 2.45) is 13.0 Å². The van der Waals surface area contributed by atoms with E-state index in [1.54, 1.807) is 0 Å². The van der Waals surface area contributed by atoms with Crippen molar-refractivity contribution in [2.45, 2.75) is 31.4 Å². The van der Waals surface area contributed by atoms with Gasteiger partial charge in [-0.25, -0.2) is 0 Å². The van der Waals surface area contributed by atoms with Crippen molar-refractivity contribution in [3.05, 3.63) is 36.0 Å². The molecule has 3 atom stereocenters. The maximum atomic E-state index is 12.3. The summed E-state index contributed by atoms with van der Waals surface area (Å²) in [6.45, 7) is -0.0309. The van der Waals surface area contributed by atoms with Crippen LogP contribution >= 0.6 is 0 Å². The van der Waals surface area contributed by atoms with E-state index in [0.29, 0.717) is 19.3 Å². The number of aliphatic hydroxyl groups excluding tert-OH is 2. The molecule has 0 radical (unpaired) electrons. The molecule has 118 valence electrons.